The Morgan fingerprint density at radius 2 is 2.50 bits per heavy atom. The van der Waals surface area contributed by atoms with E-state index in [-0.39, 0.29) is 0 Å². The summed E-state index contributed by atoms with van der Waals surface area (Å²) in [7, 11) is 0. The molecule has 1 aliphatic rings. The first-order valence-electron chi connectivity index (χ1n) is 4.55. The van der Waals surface area contributed by atoms with Gasteiger partial charge in [-0.3, -0.25) is 0 Å². The van der Waals surface area contributed by atoms with Gasteiger partial charge in [0.25, 0.3) is 0 Å². The van der Waals surface area contributed by atoms with Gasteiger partial charge in [0.05, 0.1) is 6.33 Å². The van der Waals surface area contributed by atoms with E-state index in [1.54, 1.807) is 35.0 Å². The predicted octanol–water partition coefficient (Wildman–Crippen LogP) is 1.19. The summed E-state index contributed by atoms with van der Waals surface area (Å²) < 4.78 is 1.72. The number of hydrogen-bond acceptors (Lipinski definition) is 3. The molecule has 0 aromatic carbocycles. The molecule has 1 saturated heterocycles. The van der Waals surface area contributed by atoms with Crippen molar-refractivity contribution in [3.05, 3.63) is 18.7 Å². The fourth-order valence-corrected chi connectivity index (χ4v) is 3.02. The molecule has 1 unspecified atom stereocenters. The molecule has 5 heteroatoms. The summed E-state index contributed by atoms with van der Waals surface area (Å²) in [5, 5.41) is 9.30. The van der Waals surface area contributed by atoms with Crippen molar-refractivity contribution in [2.75, 3.05) is 11.5 Å². The molecule has 0 saturated carbocycles. The van der Waals surface area contributed by atoms with Crippen LogP contribution in [0.25, 0.3) is 0 Å². The lowest BCUT2D eigenvalue weighted by molar-refractivity contribution is -0.146. The van der Waals surface area contributed by atoms with Gasteiger partial charge in [-0.1, -0.05) is 0 Å². The first-order valence-corrected chi connectivity index (χ1v) is 5.71. The van der Waals surface area contributed by atoms with E-state index in [1.165, 1.54) is 0 Å². The van der Waals surface area contributed by atoms with Crippen LogP contribution < -0.4 is 0 Å². The third kappa shape index (κ3) is 1.41. The average Bonchev–Trinajstić information content (AvgIpc) is 2.72. The minimum absolute atomic E-state index is 0.638. The summed E-state index contributed by atoms with van der Waals surface area (Å²) in [6.45, 7) is 0. The van der Waals surface area contributed by atoms with Crippen molar-refractivity contribution in [1.82, 2.24) is 9.55 Å². The molecule has 2 rings (SSSR count). The molecule has 1 aliphatic heterocycles. The highest BCUT2D eigenvalue weighted by atomic mass is 32.2. The summed E-state index contributed by atoms with van der Waals surface area (Å²) in [5.41, 5.74) is -0.764. The van der Waals surface area contributed by atoms with Crippen LogP contribution in [0.15, 0.2) is 18.7 Å². The molecule has 4 nitrogen and oxygen atoms in total. The van der Waals surface area contributed by atoms with Crippen LogP contribution in [0.3, 0.4) is 0 Å². The minimum atomic E-state index is -0.764. The van der Waals surface area contributed by atoms with Crippen LogP contribution in [-0.4, -0.2) is 32.1 Å². The van der Waals surface area contributed by atoms with Crippen molar-refractivity contribution in [2.24, 2.45) is 0 Å². The van der Waals surface area contributed by atoms with E-state index in [4.69, 9.17) is 0 Å². The van der Waals surface area contributed by atoms with Crippen LogP contribution in [0.5, 0.6) is 0 Å². The Morgan fingerprint density at radius 1 is 1.64 bits per heavy atom. The molecular formula is C9H12N2O2S. The maximum absolute atomic E-state index is 11.3. The van der Waals surface area contributed by atoms with Crippen molar-refractivity contribution in [2.45, 2.75) is 18.4 Å². The second kappa shape index (κ2) is 3.65. The van der Waals surface area contributed by atoms with Crippen LogP contribution >= 0.6 is 11.8 Å². The molecule has 0 aliphatic carbocycles. The van der Waals surface area contributed by atoms with E-state index < -0.39 is 11.5 Å². The summed E-state index contributed by atoms with van der Waals surface area (Å²) >= 11 is 1.70. The molecule has 1 aromatic heterocycles. The maximum atomic E-state index is 11.3. The van der Waals surface area contributed by atoms with Gasteiger partial charge in [-0.05, 0) is 18.6 Å². The summed E-state index contributed by atoms with van der Waals surface area (Å²) in [4.78, 5) is 15.2. The Kier molecular flexibility index (Phi) is 2.50. The number of rotatable bonds is 2. The Labute approximate surface area is 86.3 Å². The summed E-state index contributed by atoms with van der Waals surface area (Å²) in [5.74, 6) is 0.949. The Morgan fingerprint density at radius 3 is 3.00 bits per heavy atom. The SMILES string of the molecule is O=C(O)C1(n2ccnc2)CCCSC1. The summed E-state index contributed by atoms with van der Waals surface area (Å²) in [6, 6.07) is 0. The number of imidazole rings is 1. The van der Waals surface area contributed by atoms with E-state index in [9.17, 15) is 9.90 Å². The molecule has 0 spiro atoms. The Bertz CT molecular complexity index is 318. The van der Waals surface area contributed by atoms with E-state index in [2.05, 4.69) is 4.98 Å². The normalized spacial score (nSPS) is 27.4. The first kappa shape index (κ1) is 9.58. The molecule has 1 atom stereocenters. The molecule has 0 amide bonds. The van der Waals surface area contributed by atoms with E-state index >= 15 is 0 Å². The number of aliphatic carboxylic acids is 1. The zero-order chi connectivity index (χ0) is 10.0. The highest BCUT2D eigenvalue weighted by Gasteiger charge is 2.41. The summed E-state index contributed by atoms with van der Waals surface area (Å²) in [6.07, 6.45) is 6.62. The molecule has 76 valence electrons. The minimum Gasteiger partial charge on any atom is -0.479 e. The zero-order valence-corrected chi connectivity index (χ0v) is 8.54. The van der Waals surface area contributed by atoms with Crippen LogP contribution in [-0.2, 0) is 10.3 Å². The van der Waals surface area contributed by atoms with Crippen molar-refractivity contribution in [1.29, 1.82) is 0 Å². The fraction of sp³-hybridized carbons (Fsp3) is 0.556. The number of carboxylic acids is 1. The monoisotopic (exact) mass is 212 g/mol. The van der Waals surface area contributed by atoms with E-state index in [0.29, 0.717) is 12.2 Å². The van der Waals surface area contributed by atoms with Crippen LogP contribution in [0.4, 0.5) is 0 Å². The molecule has 2 heterocycles. The van der Waals surface area contributed by atoms with Crippen molar-refractivity contribution in [3.63, 3.8) is 0 Å². The highest BCUT2D eigenvalue weighted by Crippen LogP contribution is 2.33. The lowest BCUT2D eigenvalue weighted by Crippen LogP contribution is -2.45. The van der Waals surface area contributed by atoms with Crippen molar-refractivity contribution < 1.29 is 9.90 Å². The zero-order valence-electron chi connectivity index (χ0n) is 7.72. The Balaban J connectivity index is 2.35. The number of thioether (sulfide) groups is 1. The lowest BCUT2D eigenvalue weighted by Gasteiger charge is -2.33. The largest absolute Gasteiger partial charge is 0.479 e. The van der Waals surface area contributed by atoms with Gasteiger partial charge in [0.1, 0.15) is 0 Å². The third-order valence-electron chi connectivity index (χ3n) is 2.62. The molecule has 14 heavy (non-hydrogen) atoms. The Hall–Kier alpha value is -0.970. The maximum Gasteiger partial charge on any atom is 0.330 e. The third-order valence-corrected chi connectivity index (χ3v) is 3.88. The van der Waals surface area contributed by atoms with Crippen molar-refractivity contribution >= 4 is 17.7 Å². The second-order valence-corrected chi connectivity index (χ2v) is 4.57. The molecule has 0 radical (unpaired) electrons. The van der Waals surface area contributed by atoms with Gasteiger partial charge in [0.15, 0.2) is 5.54 Å². The second-order valence-electron chi connectivity index (χ2n) is 3.46. The number of aromatic nitrogens is 2. The van der Waals surface area contributed by atoms with Crippen LogP contribution in [0.2, 0.25) is 0 Å². The standard InChI is InChI=1S/C9H12N2O2S/c12-8(13)9(2-1-5-14-6-9)11-4-3-10-7-11/h3-4,7H,1-2,5-6H2,(H,12,13). The van der Waals surface area contributed by atoms with Gasteiger partial charge in [0, 0.05) is 18.1 Å². The number of nitrogens with zero attached hydrogens (tertiary/aromatic N) is 2. The molecule has 1 aromatic rings. The highest BCUT2D eigenvalue weighted by molar-refractivity contribution is 7.99. The van der Waals surface area contributed by atoms with Gasteiger partial charge >= 0.3 is 5.97 Å². The smallest absolute Gasteiger partial charge is 0.330 e. The first-order chi connectivity index (χ1) is 6.76. The van der Waals surface area contributed by atoms with Crippen molar-refractivity contribution in [3.8, 4) is 0 Å². The van der Waals surface area contributed by atoms with E-state index in [1.807, 2.05) is 0 Å². The van der Waals surface area contributed by atoms with Gasteiger partial charge in [0.2, 0.25) is 0 Å². The molecular weight excluding hydrogens is 200 g/mol. The van der Waals surface area contributed by atoms with E-state index in [0.717, 1.165) is 12.2 Å². The van der Waals surface area contributed by atoms with Gasteiger partial charge in [-0.15, -0.1) is 0 Å². The van der Waals surface area contributed by atoms with Crippen LogP contribution in [0, 0.1) is 0 Å². The topological polar surface area (TPSA) is 55.1 Å². The van der Waals surface area contributed by atoms with Gasteiger partial charge in [-0.2, -0.15) is 11.8 Å². The number of hydrogen-bond donors (Lipinski definition) is 1. The average molecular weight is 212 g/mol. The van der Waals surface area contributed by atoms with Gasteiger partial charge in [-0.25, -0.2) is 9.78 Å². The molecule has 0 bridgehead atoms. The molecule has 1 fully saturated rings. The fourth-order valence-electron chi connectivity index (χ4n) is 1.77. The lowest BCUT2D eigenvalue weighted by atomic mass is 9.95. The number of carboxylic acid groups (broad SMARTS) is 1. The quantitative estimate of drug-likeness (QED) is 0.800. The molecule has 1 N–H and O–H groups in total. The predicted molar refractivity (Wildman–Crippen MR) is 54.4 cm³/mol. The van der Waals surface area contributed by atoms with Crippen LogP contribution in [0.1, 0.15) is 12.8 Å². The van der Waals surface area contributed by atoms with Gasteiger partial charge < -0.3 is 9.67 Å². The number of carbonyl (C=O) groups is 1.